The summed E-state index contributed by atoms with van der Waals surface area (Å²) < 4.78 is 0. The van der Waals surface area contributed by atoms with Gasteiger partial charge in [0.15, 0.2) is 0 Å². The summed E-state index contributed by atoms with van der Waals surface area (Å²) in [7, 11) is 0. The van der Waals surface area contributed by atoms with Gasteiger partial charge in [-0.2, -0.15) is 0 Å². The molecule has 0 spiro atoms. The molecule has 0 heterocycles. The van der Waals surface area contributed by atoms with Gasteiger partial charge in [0.1, 0.15) is 0 Å². The van der Waals surface area contributed by atoms with Crippen molar-refractivity contribution in [1.29, 1.82) is 0 Å². The van der Waals surface area contributed by atoms with E-state index in [-0.39, 0.29) is 17.9 Å². The van der Waals surface area contributed by atoms with E-state index in [0.29, 0.717) is 0 Å². The number of hydrogen-bond donors (Lipinski definition) is 1. The van der Waals surface area contributed by atoms with Gasteiger partial charge in [0.05, 0.1) is 5.54 Å². The topological polar surface area (TPSA) is 26.0 Å². The smallest absolute Gasteiger partial charge is 0.0671 e. The van der Waals surface area contributed by atoms with Gasteiger partial charge < -0.3 is 5.73 Å². The second-order valence-electron chi connectivity index (χ2n) is 4.64. The molecular formula is C15H15Cl2N. The molecule has 0 saturated carbocycles. The van der Waals surface area contributed by atoms with E-state index in [2.05, 4.69) is 24.3 Å². The molecule has 2 aromatic rings. The van der Waals surface area contributed by atoms with Crippen molar-refractivity contribution in [2.45, 2.75) is 18.4 Å². The van der Waals surface area contributed by atoms with Crippen molar-refractivity contribution in [3.8, 4) is 0 Å². The molecule has 0 amide bonds. The molecule has 0 aliphatic heterocycles. The largest absolute Gasteiger partial charge is 0.318 e. The van der Waals surface area contributed by atoms with E-state index in [9.17, 15) is 0 Å². The lowest BCUT2D eigenvalue weighted by Crippen LogP contribution is -2.35. The zero-order chi connectivity index (χ0) is 11.9. The lowest BCUT2D eigenvalue weighted by Gasteiger charge is -2.26. The molecule has 1 unspecified atom stereocenters. The third-order valence-corrected chi connectivity index (χ3v) is 3.90. The van der Waals surface area contributed by atoms with Crippen LogP contribution in [0.25, 0.3) is 0 Å². The third-order valence-electron chi connectivity index (χ3n) is 3.65. The van der Waals surface area contributed by atoms with E-state index < -0.39 is 0 Å². The van der Waals surface area contributed by atoms with E-state index in [1.54, 1.807) is 0 Å². The monoisotopic (exact) mass is 279 g/mol. The molecule has 2 N–H and O–H groups in total. The molecule has 0 aromatic heterocycles. The number of halogens is 2. The molecule has 2 aromatic carbocycles. The fourth-order valence-corrected chi connectivity index (χ4v) is 2.81. The van der Waals surface area contributed by atoms with Gasteiger partial charge in [-0.05, 0) is 41.7 Å². The van der Waals surface area contributed by atoms with Crippen LogP contribution in [0, 0.1) is 0 Å². The Morgan fingerprint density at radius 3 is 2.39 bits per heavy atom. The van der Waals surface area contributed by atoms with Crippen LogP contribution in [0.3, 0.4) is 0 Å². The molecule has 0 saturated heterocycles. The minimum Gasteiger partial charge on any atom is -0.318 e. The van der Waals surface area contributed by atoms with Gasteiger partial charge in [-0.25, -0.2) is 0 Å². The van der Waals surface area contributed by atoms with Gasteiger partial charge in [-0.15, -0.1) is 12.4 Å². The van der Waals surface area contributed by atoms with Crippen LogP contribution in [0.4, 0.5) is 0 Å². The van der Waals surface area contributed by atoms with Crippen molar-refractivity contribution < 1.29 is 0 Å². The molecule has 18 heavy (non-hydrogen) atoms. The summed E-state index contributed by atoms with van der Waals surface area (Å²) in [5.41, 5.74) is 10.0. The van der Waals surface area contributed by atoms with E-state index >= 15 is 0 Å². The highest BCUT2D eigenvalue weighted by Crippen LogP contribution is 2.39. The van der Waals surface area contributed by atoms with Crippen LogP contribution in [0.15, 0.2) is 48.5 Å². The highest BCUT2D eigenvalue weighted by atomic mass is 35.5. The number of nitrogens with two attached hydrogens (primary N) is 1. The summed E-state index contributed by atoms with van der Waals surface area (Å²) in [6.45, 7) is 0. The maximum atomic E-state index is 6.60. The zero-order valence-electron chi connectivity index (χ0n) is 9.90. The van der Waals surface area contributed by atoms with Crippen molar-refractivity contribution in [2.75, 3.05) is 0 Å². The third kappa shape index (κ3) is 2.03. The van der Waals surface area contributed by atoms with E-state index in [0.717, 1.165) is 23.4 Å². The minimum absolute atomic E-state index is 0. The first-order chi connectivity index (χ1) is 8.20. The highest BCUT2D eigenvalue weighted by molar-refractivity contribution is 6.30. The molecule has 1 nitrogen and oxygen atoms in total. The predicted octanol–water partition coefficient (Wildman–Crippen LogP) is 3.91. The molecular weight excluding hydrogens is 265 g/mol. The Morgan fingerprint density at radius 2 is 1.67 bits per heavy atom. The lowest BCUT2D eigenvalue weighted by atomic mass is 9.85. The Bertz CT molecular complexity index is 551. The van der Waals surface area contributed by atoms with Crippen LogP contribution in [0.1, 0.15) is 23.1 Å². The fraction of sp³-hybridized carbons (Fsp3) is 0.200. The van der Waals surface area contributed by atoms with Crippen molar-refractivity contribution in [3.63, 3.8) is 0 Å². The van der Waals surface area contributed by atoms with Gasteiger partial charge in [-0.1, -0.05) is 48.0 Å². The molecule has 0 bridgehead atoms. The average Bonchev–Trinajstić information content (AvgIpc) is 2.70. The maximum Gasteiger partial charge on any atom is 0.0671 e. The summed E-state index contributed by atoms with van der Waals surface area (Å²) in [4.78, 5) is 0. The molecule has 3 rings (SSSR count). The van der Waals surface area contributed by atoms with Crippen molar-refractivity contribution in [2.24, 2.45) is 5.73 Å². The highest BCUT2D eigenvalue weighted by Gasteiger charge is 2.36. The summed E-state index contributed by atoms with van der Waals surface area (Å²) in [6, 6.07) is 16.3. The predicted molar refractivity (Wildman–Crippen MR) is 78.4 cm³/mol. The van der Waals surface area contributed by atoms with E-state index in [4.69, 9.17) is 17.3 Å². The standard InChI is InChI=1S/C15H14ClN.ClH/c16-13-7-5-12(6-8-13)15(17)10-9-11-3-1-2-4-14(11)15;/h1-8H,9-10,17H2;1H. The first-order valence-corrected chi connectivity index (χ1v) is 6.21. The number of rotatable bonds is 1. The maximum absolute atomic E-state index is 6.60. The average molecular weight is 280 g/mol. The quantitative estimate of drug-likeness (QED) is 0.842. The van der Waals surface area contributed by atoms with Crippen molar-refractivity contribution >= 4 is 24.0 Å². The Balaban J connectivity index is 0.00000120. The van der Waals surface area contributed by atoms with Gasteiger partial charge >= 0.3 is 0 Å². The summed E-state index contributed by atoms with van der Waals surface area (Å²) >= 11 is 5.92. The van der Waals surface area contributed by atoms with Gasteiger partial charge in [0.25, 0.3) is 0 Å². The summed E-state index contributed by atoms with van der Waals surface area (Å²) in [5, 5.41) is 0.753. The Kier molecular flexibility index (Phi) is 3.67. The number of hydrogen-bond acceptors (Lipinski definition) is 1. The Morgan fingerprint density at radius 1 is 1.00 bits per heavy atom. The van der Waals surface area contributed by atoms with Crippen LogP contribution >= 0.6 is 24.0 Å². The zero-order valence-corrected chi connectivity index (χ0v) is 11.5. The second kappa shape index (κ2) is 4.93. The number of aryl methyl sites for hydroxylation is 1. The molecule has 1 aliphatic rings. The second-order valence-corrected chi connectivity index (χ2v) is 5.07. The normalized spacial score (nSPS) is 21.2. The fourth-order valence-electron chi connectivity index (χ4n) is 2.69. The first-order valence-electron chi connectivity index (χ1n) is 5.83. The first kappa shape index (κ1) is 13.4. The SMILES string of the molecule is Cl.NC1(c2ccc(Cl)cc2)CCc2ccccc21. The molecule has 1 aliphatic carbocycles. The van der Waals surface area contributed by atoms with Crippen molar-refractivity contribution in [3.05, 3.63) is 70.2 Å². The minimum atomic E-state index is -0.346. The van der Waals surface area contributed by atoms with Crippen LogP contribution in [0.5, 0.6) is 0 Å². The number of fused-ring (bicyclic) bond motifs is 1. The van der Waals surface area contributed by atoms with Crippen LogP contribution in [0.2, 0.25) is 5.02 Å². The van der Waals surface area contributed by atoms with Crippen molar-refractivity contribution in [1.82, 2.24) is 0 Å². The molecule has 94 valence electrons. The summed E-state index contributed by atoms with van der Waals surface area (Å²) in [5.74, 6) is 0. The van der Waals surface area contributed by atoms with E-state index in [1.807, 2.05) is 24.3 Å². The van der Waals surface area contributed by atoms with Crippen LogP contribution < -0.4 is 5.73 Å². The van der Waals surface area contributed by atoms with Crippen LogP contribution in [-0.2, 0) is 12.0 Å². The molecule has 0 fully saturated rings. The summed E-state index contributed by atoms with van der Waals surface area (Å²) in [6.07, 6.45) is 2.02. The Hall–Kier alpha value is -1.02. The Labute approximate surface area is 118 Å². The van der Waals surface area contributed by atoms with Gasteiger partial charge in [0, 0.05) is 5.02 Å². The molecule has 0 radical (unpaired) electrons. The van der Waals surface area contributed by atoms with Crippen LogP contribution in [-0.4, -0.2) is 0 Å². The van der Waals surface area contributed by atoms with Gasteiger partial charge in [0.2, 0.25) is 0 Å². The van der Waals surface area contributed by atoms with Gasteiger partial charge in [-0.3, -0.25) is 0 Å². The molecule has 1 atom stereocenters. The van der Waals surface area contributed by atoms with E-state index in [1.165, 1.54) is 11.1 Å². The lowest BCUT2D eigenvalue weighted by molar-refractivity contribution is 0.535. The molecule has 3 heteroatoms. The number of benzene rings is 2.